The number of hydrogen-bond donors (Lipinski definition) is 4. The van der Waals surface area contributed by atoms with E-state index in [9.17, 15) is 24.9 Å². The van der Waals surface area contributed by atoms with Crippen molar-refractivity contribution >= 4 is 11.9 Å². The summed E-state index contributed by atoms with van der Waals surface area (Å²) in [6, 6.07) is -0.956. The minimum Gasteiger partial charge on any atom is -0.466 e. The van der Waals surface area contributed by atoms with Crippen LogP contribution in [0.2, 0.25) is 0 Å². The number of nitrogens with one attached hydrogen (secondary N) is 1. The summed E-state index contributed by atoms with van der Waals surface area (Å²) in [7, 11) is 0. The number of carbonyl (C=O) groups excluding carboxylic acids is 2. The van der Waals surface area contributed by atoms with E-state index in [0.717, 1.165) is 19.3 Å². The Hall–Kier alpha value is -1.18. The highest BCUT2D eigenvalue weighted by atomic mass is 16.5. The van der Waals surface area contributed by atoms with Crippen molar-refractivity contribution in [1.29, 1.82) is 0 Å². The summed E-state index contributed by atoms with van der Waals surface area (Å²) < 4.78 is 4.76. The number of ether oxygens (including phenoxy) is 1. The molecule has 7 heteroatoms. The molecule has 3 atom stereocenters. The highest BCUT2D eigenvalue weighted by Gasteiger charge is 2.27. The van der Waals surface area contributed by atoms with Gasteiger partial charge in [0.1, 0.15) is 6.10 Å². The first kappa shape index (κ1) is 29.8. The molecule has 0 aliphatic rings. The summed E-state index contributed by atoms with van der Waals surface area (Å²) in [5, 5.41) is 32.4. The van der Waals surface area contributed by atoms with E-state index in [1.807, 2.05) is 0 Å². The molecule has 0 aliphatic carbocycles. The number of rotatable bonds is 21. The minimum atomic E-state index is -1.25. The highest BCUT2D eigenvalue weighted by Crippen LogP contribution is 2.14. The molecule has 0 radical (unpaired) electrons. The van der Waals surface area contributed by atoms with Crippen molar-refractivity contribution in [1.82, 2.24) is 5.32 Å². The number of unbranched alkanes of at least 4 members (excludes halogenated alkanes) is 11. The number of carbonyl (C=O) groups is 2. The predicted molar refractivity (Wildman–Crippen MR) is 123 cm³/mol. The third-order valence-electron chi connectivity index (χ3n) is 5.56. The monoisotopic (exact) mass is 445 g/mol. The Kier molecular flexibility index (Phi) is 19.9. The van der Waals surface area contributed by atoms with E-state index >= 15 is 0 Å². The normalized spacial score (nSPS) is 14.1. The lowest BCUT2D eigenvalue weighted by atomic mass is 9.99. The predicted octanol–water partition coefficient (Wildman–Crippen LogP) is 3.62. The zero-order valence-corrected chi connectivity index (χ0v) is 19.8. The van der Waals surface area contributed by atoms with Gasteiger partial charge in [-0.05, 0) is 13.3 Å². The average molecular weight is 446 g/mol. The van der Waals surface area contributed by atoms with Gasteiger partial charge < -0.3 is 25.4 Å². The van der Waals surface area contributed by atoms with Gasteiger partial charge in [0, 0.05) is 6.42 Å². The Labute approximate surface area is 189 Å². The van der Waals surface area contributed by atoms with E-state index in [1.54, 1.807) is 6.92 Å². The van der Waals surface area contributed by atoms with Gasteiger partial charge in [0.25, 0.3) is 0 Å². The molecule has 0 rings (SSSR count). The van der Waals surface area contributed by atoms with E-state index in [1.165, 1.54) is 57.8 Å². The molecule has 184 valence electrons. The molecule has 1 amide bonds. The fraction of sp³-hybridized carbons (Fsp3) is 0.917. The van der Waals surface area contributed by atoms with Crippen molar-refractivity contribution in [3.8, 4) is 0 Å². The van der Waals surface area contributed by atoms with Crippen LogP contribution in [0.15, 0.2) is 0 Å². The molecule has 0 unspecified atom stereocenters. The van der Waals surface area contributed by atoms with Crippen molar-refractivity contribution < 1.29 is 29.6 Å². The van der Waals surface area contributed by atoms with Gasteiger partial charge in [-0.15, -0.1) is 0 Å². The van der Waals surface area contributed by atoms with Gasteiger partial charge in [-0.25, -0.2) is 0 Å². The SMILES string of the molecule is CCCCCCCCCCCCCC[C@@H](O)[C@@H](O)[C@H](CO)NC(=O)CCC(=O)OCC. The Morgan fingerprint density at radius 2 is 1.32 bits per heavy atom. The fourth-order valence-electron chi connectivity index (χ4n) is 3.60. The van der Waals surface area contributed by atoms with Gasteiger partial charge in [-0.1, -0.05) is 84.0 Å². The molecule has 0 aromatic rings. The van der Waals surface area contributed by atoms with Gasteiger partial charge in [0.05, 0.1) is 31.8 Å². The second-order valence-corrected chi connectivity index (χ2v) is 8.40. The lowest BCUT2D eigenvalue weighted by molar-refractivity contribution is -0.144. The first-order valence-corrected chi connectivity index (χ1v) is 12.4. The molecule has 0 heterocycles. The number of amides is 1. The summed E-state index contributed by atoms with van der Waals surface area (Å²) in [6.45, 7) is 3.69. The molecule has 0 aromatic heterocycles. The Morgan fingerprint density at radius 1 is 0.806 bits per heavy atom. The Morgan fingerprint density at radius 3 is 1.81 bits per heavy atom. The van der Waals surface area contributed by atoms with E-state index in [4.69, 9.17) is 4.74 Å². The Bertz CT molecular complexity index is 446. The van der Waals surface area contributed by atoms with Gasteiger partial charge in [-0.2, -0.15) is 0 Å². The molecule has 7 nitrogen and oxygen atoms in total. The maximum absolute atomic E-state index is 11.9. The Balaban J connectivity index is 3.84. The summed E-state index contributed by atoms with van der Waals surface area (Å²) in [5.74, 6) is -0.936. The van der Waals surface area contributed by atoms with E-state index in [2.05, 4.69) is 12.2 Å². The fourth-order valence-corrected chi connectivity index (χ4v) is 3.60. The largest absolute Gasteiger partial charge is 0.466 e. The maximum Gasteiger partial charge on any atom is 0.306 e. The lowest BCUT2D eigenvalue weighted by Crippen LogP contribution is -2.50. The van der Waals surface area contributed by atoms with Crippen molar-refractivity contribution in [3.63, 3.8) is 0 Å². The van der Waals surface area contributed by atoms with Crippen LogP contribution < -0.4 is 5.32 Å². The van der Waals surface area contributed by atoms with E-state index < -0.39 is 36.7 Å². The van der Waals surface area contributed by atoms with Crippen molar-refractivity contribution in [2.75, 3.05) is 13.2 Å². The van der Waals surface area contributed by atoms with Crippen LogP contribution in [0.3, 0.4) is 0 Å². The number of esters is 1. The molecule has 0 bridgehead atoms. The van der Waals surface area contributed by atoms with Crippen LogP contribution in [0.1, 0.15) is 110 Å². The van der Waals surface area contributed by atoms with Crippen LogP contribution in [0.5, 0.6) is 0 Å². The van der Waals surface area contributed by atoms with Crippen LogP contribution in [0.4, 0.5) is 0 Å². The standard InChI is InChI=1S/C24H47NO6/c1-3-5-6-7-8-9-10-11-12-13-14-15-16-21(27)24(30)20(19-26)25-22(28)17-18-23(29)31-4-2/h20-21,24,26-27,30H,3-19H2,1-2H3,(H,25,28)/t20-,21+,24-/m0/s1. The summed E-state index contributed by atoms with van der Waals surface area (Å²) >= 11 is 0. The smallest absolute Gasteiger partial charge is 0.306 e. The second-order valence-electron chi connectivity index (χ2n) is 8.40. The zero-order chi connectivity index (χ0) is 23.3. The average Bonchev–Trinajstić information content (AvgIpc) is 2.76. The molecule has 0 fully saturated rings. The molecule has 0 aliphatic heterocycles. The van der Waals surface area contributed by atoms with Crippen molar-refractivity contribution in [2.45, 2.75) is 128 Å². The molecule has 0 saturated carbocycles. The lowest BCUT2D eigenvalue weighted by Gasteiger charge is -2.26. The molecular formula is C24H47NO6. The quantitative estimate of drug-likeness (QED) is 0.158. The van der Waals surface area contributed by atoms with E-state index in [-0.39, 0.29) is 19.4 Å². The molecular weight excluding hydrogens is 398 g/mol. The topological polar surface area (TPSA) is 116 Å². The summed E-state index contributed by atoms with van der Waals surface area (Å²) in [6.07, 6.45) is 12.7. The first-order chi connectivity index (χ1) is 15.0. The molecule has 0 spiro atoms. The maximum atomic E-state index is 11.9. The third kappa shape index (κ3) is 17.1. The van der Waals surface area contributed by atoms with Crippen LogP contribution in [0.25, 0.3) is 0 Å². The number of aliphatic hydroxyl groups excluding tert-OH is 3. The number of hydrogen-bond acceptors (Lipinski definition) is 6. The molecule has 0 saturated heterocycles. The molecule has 0 aromatic carbocycles. The zero-order valence-electron chi connectivity index (χ0n) is 19.8. The van der Waals surface area contributed by atoms with Gasteiger partial charge in [-0.3, -0.25) is 9.59 Å². The summed E-state index contributed by atoms with van der Waals surface area (Å²) in [4.78, 5) is 23.2. The summed E-state index contributed by atoms with van der Waals surface area (Å²) in [5.41, 5.74) is 0. The van der Waals surface area contributed by atoms with Gasteiger partial charge >= 0.3 is 5.97 Å². The number of aliphatic hydroxyl groups is 3. The first-order valence-electron chi connectivity index (χ1n) is 12.4. The van der Waals surface area contributed by atoms with Crippen LogP contribution in [0, 0.1) is 0 Å². The van der Waals surface area contributed by atoms with Crippen LogP contribution >= 0.6 is 0 Å². The van der Waals surface area contributed by atoms with Crippen LogP contribution in [-0.4, -0.2) is 58.7 Å². The van der Waals surface area contributed by atoms with Gasteiger partial charge in [0.2, 0.25) is 5.91 Å². The highest BCUT2D eigenvalue weighted by molar-refractivity contribution is 5.81. The van der Waals surface area contributed by atoms with Crippen molar-refractivity contribution in [2.24, 2.45) is 0 Å². The molecule has 4 N–H and O–H groups in total. The minimum absolute atomic E-state index is 0.0602. The van der Waals surface area contributed by atoms with Gasteiger partial charge in [0.15, 0.2) is 0 Å². The van der Waals surface area contributed by atoms with E-state index in [0.29, 0.717) is 6.42 Å². The third-order valence-corrected chi connectivity index (χ3v) is 5.56. The molecule has 31 heavy (non-hydrogen) atoms. The van der Waals surface area contributed by atoms with Crippen molar-refractivity contribution in [3.05, 3.63) is 0 Å². The second kappa shape index (κ2) is 20.7. The van der Waals surface area contributed by atoms with Crippen LogP contribution in [-0.2, 0) is 14.3 Å².